The van der Waals surface area contributed by atoms with Gasteiger partial charge < -0.3 is 15.1 Å². The van der Waals surface area contributed by atoms with E-state index >= 15 is 0 Å². The lowest BCUT2D eigenvalue weighted by Gasteiger charge is -2.32. The van der Waals surface area contributed by atoms with Gasteiger partial charge in [-0.25, -0.2) is 0 Å². The molecule has 1 saturated heterocycles. The van der Waals surface area contributed by atoms with Gasteiger partial charge in [0.2, 0.25) is 5.13 Å². The molecule has 7 nitrogen and oxygen atoms in total. The predicted octanol–water partition coefficient (Wildman–Crippen LogP) is -0.230. The molecular formula is C10H15N5O2S. The lowest BCUT2D eigenvalue weighted by atomic mass is 10.3. The maximum Gasteiger partial charge on any atom is 0.312 e. The SMILES string of the molecule is CCN1CCN(Cc2nnc(NC)s2)C(=O)C1=O. The van der Waals surface area contributed by atoms with Crippen molar-refractivity contribution in [2.45, 2.75) is 13.5 Å². The van der Waals surface area contributed by atoms with E-state index in [0.29, 0.717) is 31.3 Å². The van der Waals surface area contributed by atoms with Gasteiger partial charge in [0.1, 0.15) is 5.01 Å². The summed E-state index contributed by atoms with van der Waals surface area (Å²) < 4.78 is 0. The lowest BCUT2D eigenvalue weighted by molar-refractivity contribution is -0.156. The minimum absolute atomic E-state index is 0.349. The van der Waals surface area contributed by atoms with E-state index in [1.54, 1.807) is 11.9 Å². The highest BCUT2D eigenvalue weighted by molar-refractivity contribution is 7.15. The molecule has 98 valence electrons. The molecule has 1 N–H and O–H groups in total. The molecule has 0 atom stereocenters. The summed E-state index contributed by atoms with van der Waals surface area (Å²) >= 11 is 1.38. The van der Waals surface area contributed by atoms with Crippen LogP contribution in [-0.4, -0.2) is 58.5 Å². The van der Waals surface area contributed by atoms with E-state index < -0.39 is 11.8 Å². The van der Waals surface area contributed by atoms with E-state index in [-0.39, 0.29) is 0 Å². The van der Waals surface area contributed by atoms with Gasteiger partial charge in [-0.05, 0) is 6.92 Å². The second-order valence-corrected chi connectivity index (χ2v) is 4.92. The second kappa shape index (κ2) is 5.30. The lowest BCUT2D eigenvalue weighted by Crippen LogP contribution is -2.53. The Morgan fingerprint density at radius 1 is 1.22 bits per heavy atom. The van der Waals surface area contributed by atoms with Crippen molar-refractivity contribution < 1.29 is 9.59 Å². The molecule has 0 bridgehead atoms. The molecule has 1 fully saturated rings. The summed E-state index contributed by atoms with van der Waals surface area (Å²) in [6.07, 6.45) is 0. The van der Waals surface area contributed by atoms with E-state index in [4.69, 9.17) is 0 Å². The Morgan fingerprint density at radius 2 is 1.89 bits per heavy atom. The van der Waals surface area contributed by atoms with Gasteiger partial charge in [-0.2, -0.15) is 0 Å². The number of carbonyl (C=O) groups excluding carboxylic acids is 2. The van der Waals surface area contributed by atoms with Crippen LogP contribution in [0.15, 0.2) is 0 Å². The van der Waals surface area contributed by atoms with Crippen LogP contribution in [-0.2, 0) is 16.1 Å². The van der Waals surface area contributed by atoms with Gasteiger partial charge in [0, 0.05) is 26.7 Å². The first-order chi connectivity index (χ1) is 8.65. The Labute approximate surface area is 109 Å². The molecule has 0 saturated carbocycles. The summed E-state index contributed by atoms with van der Waals surface area (Å²) in [5.41, 5.74) is 0. The maximum absolute atomic E-state index is 11.9. The van der Waals surface area contributed by atoms with Crippen molar-refractivity contribution in [1.82, 2.24) is 20.0 Å². The van der Waals surface area contributed by atoms with Gasteiger partial charge in [-0.15, -0.1) is 10.2 Å². The summed E-state index contributed by atoms with van der Waals surface area (Å²) in [5.74, 6) is -0.883. The van der Waals surface area contributed by atoms with E-state index in [2.05, 4.69) is 15.5 Å². The van der Waals surface area contributed by atoms with E-state index in [1.165, 1.54) is 16.2 Å². The Hall–Kier alpha value is -1.70. The summed E-state index contributed by atoms with van der Waals surface area (Å²) in [4.78, 5) is 26.6. The van der Waals surface area contributed by atoms with Crippen LogP contribution in [0.1, 0.15) is 11.9 Å². The standard InChI is InChI=1S/C10H15N5O2S/c1-3-14-4-5-15(9(17)8(14)16)6-7-12-13-10(11-2)18-7/h3-6H2,1-2H3,(H,11,13). The number of rotatable bonds is 4. The van der Waals surface area contributed by atoms with Gasteiger partial charge in [0.25, 0.3) is 0 Å². The molecule has 18 heavy (non-hydrogen) atoms. The van der Waals surface area contributed by atoms with Gasteiger partial charge in [0.05, 0.1) is 6.54 Å². The molecule has 0 spiro atoms. The monoisotopic (exact) mass is 269 g/mol. The molecule has 2 rings (SSSR count). The Bertz CT molecular complexity index is 461. The molecule has 1 aliphatic heterocycles. The fourth-order valence-corrected chi connectivity index (χ4v) is 2.46. The Kier molecular flexibility index (Phi) is 3.75. The van der Waals surface area contributed by atoms with Crippen LogP contribution >= 0.6 is 11.3 Å². The van der Waals surface area contributed by atoms with Crippen molar-refractivity contribution >= 4 is 28.3 Å². The highest BCUT2D eigenvalue weighted by Crippen LogP contribution is 2.17. The molecule has 1 aromatic rings. The maximum atomic E-state index is 11.9. The number of nitrogens with one attached hydrogen (secondary N) is 1. The fourth-order valence-electron chi connectivity index (χ4n) is 1.75. The van der Waals surface area contributed by atoms with Crippen molar-refractivity contribution in [3.8, 4) is 0 Å². The van der Waals surface area contributed by atoms with Crippen molar-refractivity contribution in [3.05, 3.63) is 5.01 Å². The Balaban J connectivity index is 2.02. The number of hydrogen-bond acceptors (Lipinski definition) is 6. The summed E-state index contributed by atoms with van der Waals surface area (Å²) in [6, 6.07) is 0. The number of piperazine rings is 1. The fraction of sp³-hybridized carbons (Fsp3) is 0.600. The number of amides is 2. The molecule has 0 radical (unpaired) electrons. The topological polar surface area (TPSA) is 78.4 Å². The first-order valence-electron chi connectivity index (χ1n) is 5.74. The molecule has 2 amide bonds. The van der Waals surface area contributed by atoms with Crippen LogP contribution in [0.3, 0.4) is 0 Å². The van der Waals surface area contributed by atoms with Gasteiger partial charge in [0.15, 0.2) is 0 Å². The van der Waals surface area contributed by atoms with Crippen molar-refractivity contribution in [2.24, 2.45) is 0 Å². The number of likely N-dealkylation sites (N-methyl/N-ethyl adjacent to an activating group) is 1. The molecule has 0 aliphatic carbocycles. The highest BCUT2D eigenvalue weighted by atomic mass is 32.1. The van der Waals surface area contributed by atoms with Crippen molar-refractivity contribution in [2.75, 3.05) is 32.0 Å². The first kappa shape index (κ1) is 12.7. The normalized spacial score (nSPS) is 16.3. The van der Waals surface area contributed by atoms with E-state index in [1.807, 2.05) is 6.92 Å². The molecule has 1 aliphatic rings. The van der Waals surface area contributed by atoms with Crippen molar-refractivity contribution in [1.29, 1.82) is 0 Å². The average molecular weight is 269 g/mol. The number of aromatic nitrogens is 2. The van der Waals surface area contributed by atoms with Crippen LogP contribution in [0.5, 0.6) is 0 Å². The van der Waals surface area contributed by atoms with Gasteiger partial charge in [-0.3, -0.25) is 9.59 Å². The van der Waals surface area contributed by atoms with E-state index in [0.717, 1.165) is 5.01 Å². The minimum Gasteiger partial charge on any atom is -0.363 e. The zero-order valence-electron chi connectivity index (χ0n) is 10.3. The zero-order chi connectivity index (χ0) is 13.1. The molecular weight excluding hydrogens is 254 g/mol. The van der Waals surface area contributed by atoms with E-state index in [9.17, 15) is 9.59 Å². The second-order valence-electron chi connectivity index (χ2n) is 3.86. The van der Waals surface area contributed by atoms with Gasteiger partial charge >= 0.3 is 11.8 Å². The predicted molar refractivity (Wildman–Crippen MR) is 67.1 cm³/mol. The molecule has 0 unspecified atom stereocenters. The Morgan fingerprint density at radius 3 is 2.50 bits per heavy atom. The highest BCUT2D eigenvalue weighted by Gasteiger charge is 2.31. The van der Waals surface area contributed by atoms with Crippen LogP contribution in [0.25, 0.3) is 0 Å². The zero-order valence-corrected chi connectivity index (χ0v) is 11.2. The number of anilines is 1. The summed E-state index contributed by atoms with van der Waals surface area (Å²) in [7, 11) is 1.76. The summed E-state index contributed by atoms with van der Waals surface area (Å²) in [5, 5.41) is 12.2. The molecule has 0 aromatic carbocycles. The first-order valence-corrected chi connectivity index (χ1v) is 6.55. The number of carbonyl (C=O) groups is 2. The third-order valence-electron chi connectivity index (χ3n) is 2.79. The van der Waals surface area contributed by atoms with Gasteiger partial charge in [-0.1, -0.05) is 11.3 Å². The van der Waals surface area contributed by atoms with Crippen LogP contribution < -0.4 is 5.32 Å². The molecule has 2 heterocycles. The van der Waals surface area contributed by atoms with Crippen LogP contribution in [0.2, 0.25) is 0 Å². The minimum atomic E-state index is -0.454. The molecule has 8 heteroatoms. The van der Waals surface area contributed by atoms with Crippen molar-refractivity contribution in [3.63, 3.8) is 0 Å². The summed E-state index contributed by atoms with van der Waals surface area (Å²) in [6.45, 7) is 3.92. The third-order valence-corrected chi connectivity index (χ3v) is 3.71. The largest absolute Gasteiger partial charge is 0.363 e. The van der Waals surface area contributed by atoms with Crippen LogP contribution in [0, 0.1) is 0 Å². The third kappa shape index (κ3) is 2.42. The quantitative estimate of drug-likeness (QED) is 0.764. The molecule has 1 aromatic heterocycles. The smallest absolute Gasteiger partial charge is 0.312 e. The van der Waals surface area contributed by atoms with Crippen LogP contribution in [0.4, 0.5) is 5.13 Å². The number of hydrogen-bond donors (Lipinski definition) is 1. The average Bonchev–Trinajstić information content (AvgIpc) is 2.83. The number of nitrogens with zero attached hydrogens (tertiary/aromatic N) is 4.